The molecule has 1 aliphatic rings. The summed E-state index contributed by atoms with van der Waals surface area (Å²) in [6.45, 7) is 2.61. The first kappa shape index (κ1) is 30.2. The Labute approximate surface area is 260 Å². The summed E-state index contributed by atoms with van der Waals surface area (Å²) in [6, 6.07) is 18.3. The van der Waals surface area contributed by atoms with Gasteiger partial charge in [-0.05, 0) is 60.0 Å². The van der Waals surface area contributed by atoms with Crippen molar-refractivity contribution in [1.29, 1.82) is 0 Å². The van der Waals surface area contributed by atoms with Crippen LogP contribution in [0.15, 0.2) is 82.7 Å². The number of non-ortho nitro benzene ring substituents is 1. The van der Waals surface area contributed by atoms with Gasteiger partial charge in [-0.25, -0.2) is 0 Å². The number of aromatic nitrogens is 2. The molecular formula is C30H25ClN4O6S2. The number of aliphatic hydroxyl groups is 1. The Bertz CT molecular complexity index is 1690. The molecular weight excluding hydrogens is 612 g/mol. The topological polar surface area (TPSA) is 136 Å². The average Bonchev–Trinajstić information content (AvgIpc) is 3.58. The molecule has 1 saturated heterocycles. The number of ketones is 1. The summed E-state index contributed by atoms with van der Waals surface area (Å²) in [5.74, 6) is -1.08. The van der Waals surface area contributed by atoms with Crippen molar-refractivity contribution in [3.8, 4) is 5.75 Å². The van der Waals surface area contributed by atoms with Gasteiger partial charge in [-0.2, -0.15) is 0 Å². The van der Waals surface area contributed by atoms with E-state index in [-0.39, 0.29) is 22.2 Å². The summed E-state index contributed by atoms with van der Waals surface area (Å²) < 4.78 is 6.23. The molecule has 1 aromatic heterocycles. The number of rotatable bonds is 11. The minimum Gasteiger partial charge on any atom is -0.507 e. The van der Waals surface area contributed by atoms with Gasteiger partial charge in [-0.3, -0.25) is 24.6 Å². The maximum Gasteiger partial charge on any atom is 0.301 e. The monoisotopic (exact) mass is 636 g/mol. The Kier molecular flexibility index (Phi) is 9.39. The number of anilines is 1. The van der Waals surface area contributed by atoms with Crippen LogP contribution in [0.5, 0.6) is 5.75 Å². The van der Waals surface area contributed by atoms with Gasteiger partial charge in [0.05, 0.1) is 23.1 Å². The molecule has 1 unspecified atom stereocenters. The SMILES string of the molecule is CCCCOc1ccc(/C(O)=C2\C(=O)C(=O)N(c3nnc(SCc4ccccc4Cl)s3)C2c2ccc([N+](=O)[O-])cc2)cc1. The van der Waals surface area contributed by atoms with E-state index >= 15 is 0 Å². The van der Waals surface area contributed by atoms with Crippen molar-refractivity contribution < 1.29 is 24.4 Å². The van der Waals surface area contributed by atoms with Crippen molar-refractivity contribution >= 4 is 63.0 Å². The quantitative estimate of drug-likeness (QED) is 0.0265. The van der Waals surface area contributed by atoms with Gasteiger partial charge in [0, 0.05) is 28.5 Å². The van der Waals surface area contributed by atoms with Crippen molar-refractivity contribution in [3.05, 3.63) is 110 Å². The fourth-order valence-electron chi connectivity index (χ4n) is 4.44. The number of nitro benzene ring substituents is 1. The van der Waals surface area contributed by atoms with Gasteiger partial charge in [0.2, 0.25) is 5.13 Å². The van der Waals surface area contributed by atoms with E-state index in [1.54, 1.807) is 30.3 Å². The molecule has 13 heteroatoms. The number of ether oxygens (including phenoxy) is 1. The second kappa shape index (κ2) is 13.4. The third-order valence-corrected chi connectivity index (χ3v) is 9.14. The molecule has 43 heavy (non-hydrogen) atoms. The molecule has 0 saturated carbocycles. The van der Waals surface area contributed by atoms with Crippen LogP contribution in [0.25, 0.3) is 5.76 Å². The fourth-order valence-corrected chi connectivity index (χ4v) is 6.59. The fraction of sp³-hybridized carbons (Fsp3) is 0.200. The average molecular weight is 637 g/mol. The zero-order chi connectivity index (χ0) is 30.5. The van der Waals surface area contributed by atoms with Crippen molar-refractivity contribution in [2.75, 3.05) is 11.5 Å². The van der Waals surface area contributed by atoms with E-state index in [1.165, 1.54) is 40.9 Å². The maximum atomic E-state index is 13.5. The molecule has 0 aliphatic carbocycles. The molecule has 0 bridgehead atoms. The van der Waals surface area contributed by atoms with Gasteiger partial charge in [0.15, 0.2) is 4.34 Å². The maximum absolute atomic E-state index is 13.5. The molecule has 10 nitrogen and oxygen atoms in total. The molecule has 3 aromatic carbocycles. The number of nitro groups is 1. The number of hydrogen-bond donors (Lipinski definition) is 1. The lowest BCUT2D eigenvalue weighted by Gasteiger charge is -2.22. The lowest BCUT2D eigenvalue weighted by Crippen LogP contribution is -2.29. The number of amides is 1. The minimum absolute atomic E-state index is 0.144. The van der Waals surface area contributed by atoms with Gasteiger partial charge in [0.1, 0.15) is 11.5 Å². The predicted octanol–water partition coefficient (Wildman–Crippen LogP) is 7.20. The molecule has 4 aromatic rings. The van der Waals surface area contributed by atoms with Crippen molar-refractivity contribution in [1.82, 2.24) is 10.2 Å². The Morgan fingerprint density at radius 1 is 1.09 bits per heavy atom. The van der Waals surface area contributed by atoms with E-state index < -0.39 is 22.7 Å². The summed E-state index contributed by atoms with van der Waals surface area (Å²) in [7, 11) is 0. The third-order valence-electron chi connectivity index (χ3n) is 6.67. The van der Waals surface area contributed by atoms with Crippen LogP contribution in [-0.2, 0) is 15.3 Å². The van der Waals surface area contributed by atoms with Gasteiger partial charge in [0.25, 0.3) is 11.5 Å². The van der Waals surface area contributed by atoms with E-state index in [2.05, 4.69) is 17.1 Å². The molecule has 1 amide bonds. The van der Waals surface area contributed by atoms with E-state index in [0.717, 1.165) is 29.7 Å². The molecule has 5 rings (SSSR count). The number of hydrogen-bond acceptors (Lipinski definition) is 10. The largest absolute Gasteiger partial charge is 0.507 e. The van der Waals surface area contributed by atoms with Gasteiger partial charge in [-0.15, -0.1) is 10.2 Å². The van der Waals surface area contributed by atoms with E-state index in [0.29, 0.717) is 38.6 Å². The first-order valence-electron chi connectivity index (χ1n) is 13.3. The minimum atomic E-state index is -1.10. The standard InChI is InChI=1S/C30H25ClN4O6S2/c1-2-3-16-41-22-14-10-19(11-15-22)26(36)24-25(18-8-12-21(13-9-18)35(39)40)34(28(38)27(24)37)29-32-33-30(43-29)42-17-20-6-4-5-7-23(20)31/h4-15,25,36H,2-3,16-17H2,1H3/b26-24+. The highest BCUT2D eigenvalue weighted by Crippen LogP contribution is 2.44. The number of aliphatic hydroxyl groups excluding tert-OH is 1. The summed E-state index contributed by atoms with van der Waals surface area (Å²) in [4.78, 5) is 38.8. The Morgan fingerprint density at radius 2 is 1.81 bits per heavy atom. The second-order valence-electron chi connectivity index (χ2n) is 9.47. The van der Waals surface area contributed by atoms with Gasteiger partial charge in [-0.1, -0.05) is 66.2 Å². The lowest BCUT2D eigenvalue weighted by molar-refractivity contribution is -0.384. The van der Waals surface area contributed by atoms with Crippen molar-refractivity contribution in [2.24, 2.45) is 0 Å². The van der Waals surface area contributed by atoms with Crippen LogP contribution in [0.4, 0.5) is 10.8 Å². The Hall–Kier alpha value is -4.26. The molecule has 0 spiro atoms. The summed E-state index contributed by atoms with van der Waals surface area (Å²) >= 11 is 8.75. The molecule has 1 aliphatic heterocycles. The van der Waals surface area contributed by atoms with Crippen LogP contribution in [0.2, 0.25) is 5.02 Å². The molecule has 1 atom stereocenters. The summed E-state index contributed by atoms with van der Waals surface area (Å²) in [6.07, 6.45) is 1.88. The highest BCUT2D eigenvalue weighted by molar-refractivity contribution is 8.00. The van der Waals surface area contributed by atoms with Crippen LogP contribution in [-0.4, -0.2) is 38.5 Å². The molecule has 220 valence electrons. The van der Waals surface area contributed by atoms with Crippen molar-refractivity contribution in [2.45, 2.75) is 35.9 Å². The third kappa shape index (κ3) is 6.56. The van der Waals surface area contributed by atoms with Crippen LogP contribution in [0.1, 0.15) is 42.5 Å². The van der Waals surface area contributed by atoms with Gasteiger partial charge >= 0.3 is 5.91 Å². The molecule has 1 N–H and O–H groups in total. The highest BCUT2D eigenvalue weighted by atomic mass is 35.5. The van der Waals surface area contributed by atoms with Gasteiger partial charge < -0.3 is 9.84 Å². The van der Waals surface area contributed by atoms with E-state index in [9.17, 15) is 24.8 Å². The number of carbonyl (C=O) groups is 2. The first-order chi connectivity index (χ1) is 20.8. The number of unbranched alkanes of at least 4 members (excludes halogenated alkanes) is 1. The number of carbonyl (C=O) groups excluding carboxylic acids is 2. The lowest BCUT2D eigenvalue weighted by atomic mass is 9.95. The normalized spacial score (nSPS) is 16.0. The molecule has 2 heterocycles. The first-order valence-corrected chi connectivity index (χ1v) is 15.4. The van der Waals surface area contributed by atoms with E-state index in [4.69, 9.17) is 16.3 Å². The van der Waals surface area contributed by atoms with Crippen LogP contribution in [0.3, 0.4) is 0 Å². The smallest absolute Gasteiger partial charge is 0.301 e. The number of halogens is 1. The van der Waals surface area contributed by atoms with Crippen molar-refractivity contribution in [3.63, 3.8) is 0 Å². The van der Waals surface area contributed by atoms with E-state index in [1.807, 2.05) is 18.2 Å². The number of thioether (sulfide) groups is 1. The summed E-state index contributed by atoms with van der Waals surface area (Å²) in [5.41, 5.74) is 1.26. The highest BCUT2D eigenvalue weighted by Gasteiger charge is 2.48. The number of nitrogens with zero attached hydrogens (tertiary/aromatic N) is 4. The van der Waals surface area contributed by atoms with Crippen LogP contribution < -0.4 is 9.64 Å². The second-order valence-corrected chi connectivity index (χ2v) is 12.1. The molecule has 1 fully saturated rings. The van der Waals surface area contributed by atoms with Crippen LogP contribution in [0, 0.1) is 10.1 Å². The number of benzene rings is 3. The Morgan fingerprint density at radius 3 is 2.49 bits per heavy atom. The number of Topliss-reactive ketones (excluding diaryl/α,β-unsaturated/α-hetero) is 1. The zero-order valence-corrected chi connectivity index (χ0v) is 25.2. The predicted molar refractivity (Wildman–Crippen MR) is 166 cm³/mol. The zero-order valence-electron chi connectivity index (χ0n) is 22.8. The molecule has 0 radical (unpaired) electrons. The Balaban J connectivity index is 1.51. The van der Waals surface area contributed by atoms with Crippen LogP contribution >= 0.6 is 34.7 Å². The summed E-state index contributed by atoms with van der Waals surface area (Å²) in [5, 5.41) is 31.8.